The number of ether oxygens (including phenoxy) is 1. The standard InChI is InChI=1S/C18H20N2O2/c1-12(2)20-17(14-9-5-7-11-16(14)22-3)19-15-10-6-4-8-13(15)18(20)21/h4-12,17,19H,1-3H3/t17-/m1/s1. The molecule has 1 aliphatic heterocycles. The van der Waals surface area contributed by atoms with Crippen LogP contribution in [-0.4, -0.2) is 24.0 Å². The molecule has 0 saturated carbocycles. The molecular formula is C18H20N2O2. The molecule has 0 spiro atoms. The van der Waals surface area contributed by atoms with E-state index in [9.17, 15) is 4.79 Å². The fraction of sp³-hybridized carbons (Fsp3) is 0.278. The number of benzene rings is 2. The summed E-state index contributed by atoms with van der Waals surface area (Å²) in [4.78, 5) is 14.7. The minimum atomic E-state index is -0.237. The van der Waals surface area contributed by atoms with Gasteiger partial charge in [0.25, 0.3) is 5.91 Å². The molecule has 1 atom stereocenters. The lowest BCUT2D eigenvalue weighted by atomic mass is 10.0. The van der Waals surface area contributed by atoms with Crippen LogP contribution in [0.25, 0.3) is 0 Å². The normalized spacial score (nSPS) is 17.2. The number of carbonyl (C=O) groups is 1. The predicted octanol–water partition coefficient (Wildman–Crippen LogP) is 3.67. The second-order valence-corrected chi connectivity index (χ2v) is 5.64. The second kappa shape index (κ2) is 5.72. The first-order valence-corrected chi connectivity index (χ1v) is 7.44. The van der Waals surface area contributed by atoms with Crippen molar-refractivity contribution in [3.05, 3.63) is 59.7 Å². The zero-order valence-electron chi connectivity index (χ0n) is 13.0. The number of nitrogens with zero attached hydrogens (tertiary/aromatic N) is 1. The summed E-state index contributed by atoms with van der Waals surface area (Å²) in [6, 6.07) is 15.5. The van der Waals surface area contributed by atoms with Crippen LogP contribution in [0, 0.1) is 0 Å². The number of amides is 1. The molecule has 114 valence electrons. The third-order valence-corrected chi connectivity index (χ3v) is 3.95. The van der Waals surface area contributed by atoms with Crippen molar-refractivity contribution in [2.24, 2.45) is 0 Å². The molecule has 4 heteroatoms. The zero-order valence-corrected chi connectivity index (χ0v) is 13.0. The molecule has 22 heavy (non-hydrogen) atoms. The van der Waals surface area contributed by atoms with Gasteiger partial charge in [0.1, 0.15) is 11.9 Å². The zero-order chi connectivity index (χ0) is 15.7. The lowest BCUT2D eigenvalue weighted by Crippen LogP contribution is -2.46. The van der Waals surface area contributed by atoms with Crippen LogP contribution in [0.2, 0.25) is 0 Å². The molecule has 0 fully saturated rings. The Morgan fingerprint density at radius 2 is 1.77 bits per heavy atom. The van der Waals surface area contributed by atoms with Crippen LogP contribution in [0.3, 0.4) is 0 Å². The lowest BCUT2D eigenvalue weighted by Gasteiger charge is -2.41. The van der Waals surface area contributed by atoms with Crippen molar-refractivity contribution in [3.8, 4) is 5.75 Å². The first-order chi connectivity index (χ1) is 10.6. The van der Waals surface area contributed by atoms with E-state index in [1.165, 1.54) is 0 Å². The highest BCUT2D eigenvalue weighted by Crippen LogP contribution is 2.37. The van der Waals surface area contributed by atoms with Gasteiger partial charge in [0.2, 0.25) is 0 Å². The van der Waals surface area contributed by atoms with Gasteiger partial charge in [-0.2, -0.15) is 0 Å². The lowest BCUT2D eigenvalue weighted by molar-refractivity contribution is 0.0614. The average Bonchev–Trinajstić information content (AvgIpc) is 2.54. The fourth-order valence-corrected chi connectivity index (χ4v) is 2.92. The van der Waals surface area contributed by atoms with Gasteiger partial charge >= 0.3 is 0 Å². The first-order valence-electron chi connectivity index (χ1n) is 7.44. The topological polar surface area (TPSA) is 41.6 Å². The van der Waals surface area contributed by atoms with Gasteiger partial charge in [-0.25, -0.2) is 0 Å². The Kier molecular flexibility index (Phi) is 3.75. The van der Waals surface area contributed by atoms with Crippen molar-refractivity contribution >= 4 is 11.6 Å². The number of para-hydroxylation sites is 2. The molecule has 1 aliphatic rings. The van der Waals surface area contributed by atoms with Crippen LogP contribution >= 0.6 is 0 Å². The summed E-state index contributed by atoms with van der Waals surface area (Å²) in [7, 11) is 1.65. The number of hydrogen-bond acceptors (Lipinski definition) is 3. The van der Waals surface area contributed by atoms with E-state index >= 15 is 0 Å². The quantitative estimate of drug-likeness (QED) is 0.939. The number of rotatable bonds is 3. The van der Waals surface area contributed by atoms with Gasteiger partial charge < -0.3 is 15.0 Å². The Morgan fingerprint density at radius 1 is 1.09 bits per heavy atom. The third kappa shape index (κ3) is 2.30. The van der Waals surface area contributed by atoms with Crippen molar-refractivity contribution in [1.29, 1.82) is 0 Å². The van der Waals surface area contributed by atoms with Crippen LogP contribution in [0.1, 0.15) is 35.9 Å². The summed E-state index contributed by atoms with van der Waals surface area (Å²) >= 11 is 0. The molecule has 4 nitrogen and oxygen atoms in total. The largest absolute Gasteiger partial charge is 0.496 e. The molecular weight excluding hydrogens is 276 g/mol. The van der Waals surface area contributed by atoms with E-state index in [4.69, 9.17) is 4.74 Å². The van der Waals surface area contributed by atoms with E-state index < -0.39 is 0 Å². The highest BCUT2D eigenvalue weighted by molar-refractivity contribution is 6.01. The average molecular weight is 296 g/mol. The molecule has 0 unspecified atom stereocenters. The molecule has 2 aromatic carbocycles. The third-order valence-electron chi connectivity index (χ3n) is 3.95. The fourth-order valence-electron chi connectivity index (χ4n) is 2.92. The molecule has 0 bridgehead atoms. The maximum Gasteiger partial charge on any atom is 0.258 e. The van der Waals surface area contributed by atoms with Gasteiger partial charge in [0, 0.05) is 17.3 Å². The van der Waals surface area contributed by atoms with Crippen LogP contribution < -0.4 is 10.1 Å². The first kappa shape index (κ1) is 14.4. The number of carbonyl (C=O) groups excluding carboxylic acids is 1. The van der Waals surface area contributed by atoms with Gasteiger partial charge in [-0.3, -0.25) is 4.79 Å². The summed E-state index contributed by atoms with van der Waals surface area (Å²) in [6.07, 6.45) is -0.237. The smallest absolute Gasteiger partial charge is 0.258 e. The summed E-state index contributed by atoms with van der Waals surface area (Å²) in [5, 5.41) is 3.47. The van der Waals surface area contributed by atoms with Gasteiger partial charge in [-0.15, -0.1) is 0 Å². The van der Waals surface area contributed by atoms with Crippen LogP contribution in [0.5, 0.6) is 5.75 Å². The Labute approximate surface area is 130 Å². The second-order valence-electron chi connectivity index (χ2n) is 5.64. The van der Waals surface area contributed by atoms with E-state index in [1.54, 1.807) is 7.11 Å². The van der Waals surface area contributed by atoms with E-state index in [1.807, 2.05) is 67.3 Å². The number of fused-ring (bicyclic) bond motifs is 1. The van der Waals surface area contributed by atoms with Gasteiger partial charge in [0.15, 0.2) is 0 Å². The number of methoxy groups -OCH3 is 1. The number of nitrogens with one attached hydrogen (secondary N) is 1. The Hall–Kier alpha value is -2.49. The van der Waals surface area contributed by atoms with Crippen molar-refractivity contribution < 1.29 is 9.53 Å². The van der Waals surface area contributed by atoms with Crippen molar-refractivity contribution in [2.75, 3.05) is 12.4 Å². The van der Waals surface area contributed by atoms with Crippen LogP contribution in [0.4, 0.5) is 5.69 Å². The summed E-state index contributed by atoms with van der Waals surface area (Å²) in [6.45, 7) is 4.05. The van der Waals surface area contributed by atoms with Crippen molar-refractivity contribution in [1.82, 2.24) is 4.90 Å². The Morgan fingerprint density at radius 3 is 2.50 bits per heavy atom. The van der Waals surface area contributed by atoms with Gasteiger partial charge in [-0.05, 0) is 32.0 Å². The molecule has 0 aliphatic carbocycles. The minimum absolute atomic E-state index is 0.0419. The van der Waals surface area contributed by atoms with Crippen molar-refractivity contribution in [3.63, 3.8) is 0 Å². The highest BCUT2D eigenvalue weighted by Gasteiger charge is 2.35. The molecule has 1 heterocycles. The van der Waals surface area contributed by atoms with Crippen LogP contribution in [-0.2, 0) is 0 Å². The molecule has 0 aromatic heterocycles. The summed E-state index contributed by atoms with van der Waals surface area (Å²) in [5.74, 6) is 0.818. The molecule has 1 amide bonds. The number of hydrogen-bond donors (Lipinski definition) is 1. The maximum absolute atomic E-state index is 12.9. The Balaban J connectivity index is 2.12. The van der Waals surface area contributed by atoms with E-state index in [0.29, 0.717) is 5.56 Å². The summed E-state index contributed by atoms with van der Waals surface area (Å²) < 4.78 is 5.47. The molecule has 0 saturated heterocycles. The molecule has 2 aromatic rings. The van der Waals surface area contributed by atoms with E-state index in [0.717, 1.165) is 17.0 Å². The maximum atomic E-state index is 12.9. The van der Waals surface area contributed by atoms with Crippen molar-refractivity contribution in [2.45, 2.75) is 26.1 Å². The molecule has 1 N–H and O–H groups in total. The summed E-state index contributed by atoms with van der Waals surface area (Å²) in [5.41, 5.74) is 2.53. The Bertz CT molecular complexity index is 697. The monoisotopic (exact) mass is 296 g/mol. The SMILES string of the molecule is COc1ccccc1[C@@H]1Nc2ccccc2C(=O)N1C(C)C. The highest BCUT2D eigenvalue weighted by atomic mass is 16.5. The van der Waals surface area contributed by atoms with E-state index in [2.05, 4.69) is 5.32 Å². The number of anilines is 1. The van der Waals surface area contributed by atoms with E-state index in [-0.39, 0.29) is 18.1 Å². The van der Waals surface area contributed by atoms with Crippen LogP contribution in [0.15, 0.2) is 48.5 Å². The molecule has 3 rings (SSSR count). The molecule has 0 radical (unpaired) electrons. The van der Waals surface area contributed by atoms with Gasteiger partial charge in [0.05, 0.1) is 12.7 Å². The predicted molar refractivity (Wildman–Crippen MR) is 87.1 cm³/mol. The minimum Gasteiger partial charge on any atom is -0.496 e. The van der Waals surface area contributed by atoms with Gasteiger partial charge in [-0.1, -0.05) is 30.3 Å².